The Morgan fingerprint density at radius 1 is 0.862 bits per heavy atom. The molecular formula is C22H19FeN3O3+2. The number of amides is 1. The van der Waals surface area contributed by atoms with Gasteiger partial charge in [-0.1, -0.05) is 18.2 Å². The van der Waals surface area contributed by atoms with Crippen molar-refractivity contribution in [2.75, 3.05) is 11.4 Å². The van der Waals surface area contributed by atoms with Crippen molar-refractivity contribution in [2.45, 2.75) is 0 Å². The molecular weight excluding hydrogens is 410 g/mol. The number of hydrogen-bond donors (Lipinski definition) is 2. The van der Waals surface area contributed by atoms with Gasteiger partial charge in [-0.25, -0.2) is 4.79 Å². The molecule has 2 N–H and O–H groups in total. The van der Waals surface area contributed by atoms with Crippen LogP contribution in [0.2, 0.25) is 0 Å². The summed E-state index contributed by atoms with van der Waals surface area (Å²) < 4.78 is 0. The SMILES string of the molecule is O=C(c1ccccc1)N(C[C]1[CH][CH][CH][CH]1)c1c[nH]c(=O)[nH]c1=O.[CH]1[CH][CH][CH][CH]1.[Fe+2]. The fraction of sp³-hybridized carbons (Fsp3) is 0.0455. The van der Waals surface area contributed by atoms with Crippen LogP contribution in [-0.4, -0.2) is 22.4 Å². The molecule has 0 aliphatic heterocycles. The molecule has 0 atom stereocenters. The summed E-state index contributed by atoms with van der Waals surface area (Å²) >= 11 is 0. The average Bonchev–Trinajstić information content (AvgIpc) is 3.43. The molecule has 146 valence electrons. The topological polar surface area (TPSA) is 86.0 Å². The Kier molecular flexibility index (Phi) is 9.42. The summed E-state index contributed by atoms with van der Waals surface area (Å²) in [5, 5.41) is 0. The third-order valence-electron chi connectivity index (χ3n) is 3.98. The van der Waals surface area contributed by atoms with E-state index in [1.54, 1.807) is 24.3 Å². The molecule has 0 spiro atoms. The minimum Gasteiger partial charge on any atom is -0.312 e. The quantitative estimate of drug-likeness (QED) is 0.731. The first-order valence-electron chi connectivity index (χ1n) is 8.71. The van der Waals surface area contributed by atoms with Crippen LogP contribution in [0.3, 0.4) is 0 Å². The predicted molar refractivity (Wildman–Crippen MR) is 108 cm³/mol. The summed E-state index contributed by atoms with van der Waals surface area (Å²) in [5.41, 5.74) is -0.659. The van der Waals surface area contributed by atoms with E-state index in [1.807, 2.05) is 63.9 Å². The van der Waals surface area contributed by atoms with E-state index in [-0.39, 0.29) is 35.2 Å². The summed E-state index contributed by atoms with van der Waals surface area (Å²) in [5.74, 6) is 0.573. The normalized spacial score (nSPS) is 15.9. The van der Waals surface area contributed by atoms with E-state index < -0.39 is 11.2 Å². The van der Waals surface area contributed by atoms with Gasteiger partial charge in [0.1, 0.15) is 5.69 Å². The maximum atomic E-state index is 12.8. The number of carbonyl (C=O) groups excluding carboxylic acids is 1. The minimum atomic E-state index is -0.612. The van der Waals surface area contributed by atoms with E-state index in [0.717, 1.165) is 5.92 Å². The van der Waals surface area contributed by atoms with Crippen molar-refractivity contribution in [3.8, 4) is 0 Å². The summed E-state index contributed by atoms with van der Waals surface area (Å²) in [7, 11) is 0. The Balaban J connectivity index is 0.000000437. The molecule has 7 heteroatoms. The van der Waals surface area contributed by atoms with Gasteiger partial charge in [0, 0.05) is 24.2 Å². The number of carbonyl (C=O) groups is 1. The number of benzene rings is 1. The summed E-state index contributed by atoms with van der Waals surface area (Å²) in [4.78, 5) is 42.0. The van der Waals surface area contributed by atoms with E-state index in [0.29, 0.717) is 5.56 Å². The van der Waals surface area contributed by atoms with E-state index in [1.165, 1.54) is 11.1 Å². The first-order valence-corrected chi connectivity index (χ1v) is 8.71. The first kappa shape index (κ1) is 23.2. The molecule has 2 aliphatic rings. The number of hydrogen-bond acceptors (Lipinski definition) is 3. The molecule has 2 aromatic rings. The monoisotopic (exact) mass is 429 g/mol. The Bertz CT molecular complexity index is 861. The van der Waals surface area contributed by atoms with Crippen LogP contribution in [0.4, 0.5) is 5.69 Å². The number of nitrogens with zero attached hydrogens (tertiary/aromatic N) is 1. The molecule has 0 bridgehead atoms. The van der Waals surface area contributed by atoms with Gasteiger partial charge < -0.3 is 9.88 Å². The number of rotatable bonds is 4. The number of H-pyrrole nitrogens is 2. The van der Waals surface area contributed by atoms with Crippen LogP contribution in [0, 0.1) is 63.7 Å². The third kappa shape index (κ3) is 6.72. The van der Waals surface area contributed by atoms with Gasteiger partial charge in [-0.05, 0) is 69.9 Å². The Morgan fingerprint density at radius 2 is 1.45 bits per heavy atom. The van der Waals surface area contributed by atoms with Crippen LogP contribution < -0.4 is 16.1 Å². The average molecular weight is 429 g/mol. The van der Waals surface area contributed by atoms with Crippen LogP contribution in [0.25, 0.3) is 0 Å². The second kappa shape index (κ2) is 11.8. The molecule has 0 saturated heterocycles. The van der Waals surface area contributed by atoms with E-state index in [4.69, 9.17) is 0 Å². The van der Waals surface area contributed by atoms with Gasteiger partial charge in [-0.3, -0.25) is 14.6 Å². The second-order valence-electron chi connectivity index (χ2n) is 5.97. The molecule has 29 heavy (non-hydrogen) atoms. The van der Waals surface area contributed by atoms with Gasteiger partial charge >= 0.3 is 22.8 Å². The maximum Gasteiger partial charge on any atom is 2.00 e. The zero-order chi connectivity index (χ0) is 19.8. The van der Waals surface area contributed by atoms with Crippen molar-refractivity contribution in [1.82, 2.24) is 9.97 Å². The van der Waals surface area contributed by atoms with Crippen molar-refractivity contribution in [3.05, 3.63) is 127 Å². The van der Waals surface area contributed by atoms with Gasteiger partial charge in [-0.15, -0.1) is 0 Å². The molecule has 1 heterocycles. The molecule has 1 aromatic heterocycles. The minimum absolute atomic E-state index is 0. The number of aromatic amines is 2. The number of nitrogens with one attached hydrogen (secondary N) is 2. The van der Waals surface area contributed by atoms with Crippen molar-refractivity contribution in [1.29, 1.82) is 0 Å². The molecule has 10 radical (unpaired) electrons. The van der Waals surface area contributed by atoms with Crippen molar-refractivity contribution in [2.24, 2.45) is 0 Å². The summed E-state index contributed by atoms with van der Waals surface area (Å²) in [6.07, 6.45) is 18.7. The molecule has 6 nitrogen and oxygen atoms in total. The fourth-order valence-corrected chi connectivity index (χ4v) is 2.63. The third-order valence-corrected chi connectivity index (χ3v) is 3.98. The van der Waals surface area contributed by atoms with Crippen LogP contribution in [0.15, 0.2) is 46.1 Å². The van der Waals surface area contributed by atoms with Crippen molar-refractivity contribution in [3.63, 3.8) is 0 Å². The molecule has 2 aliphatic carbocycles. The van der Waals surface area contributed by atoms with Crippen molar-refractivity contribution < 1.29 is 21.9 Å². The molecule has 4 rings (SSSR count). The Morgan fingerprint density at radius 3 is 2.00 bits per heavy atom. The second-order valence-corrected chi connectivity index (χ2v) is 5.97. The van der Waals surface area contributed by atoms with Crippen LogP contribution in [-0.2, 0) is 17.1 Å². The van der Waals surface area contributed by atoms with Crippen LogP contribution in [0.5, 0.6) is 0 Å². The van der Waals surface area contributed by atoms with Gasteiger partial charge in [-0.2, -0.15) is 0 Å². The first-order chi connectivity index (χ1) is 13.6. The van der Waals surface area contributed by atoms with E-state index in [9.17, 15) is 14.4 Å². The fourth-order valence-electron chi connectivity index (χ4n) is 2.63. The van der Waals surface area contributed by atoms with Crippen LogP contribution >= 0.6 is 0 Å². The number of anilines is 1. The molecule has 2 fully saturated rings. The molecule has 1 amide bonds. The smallest absolute Gasteiger partial charge is 0.312 e. The molecule has 2 saturated carbocycles. The van der Waals surface area contributed by atoms with E-state index >= 15 is 0 Å². The van der Waals surface area contributed by atoms with Gasteiger partial charge in [0.2, 0.25) is 0 Å². The van der Waals surface area contributed by atoms with Gasteiger partial charge in [0.25, 0.3) is 11.5 Å². The maximum absolute atomic E-state index is 12.8. The summed E-state index contributed by atoms with van der Waals surface area (Å²) in [6.45, 7) is 0.232. The largest absolute Gasteiger partial charge is 2.00 e. The van der Waals surface area contributed by atoms with Crippen LogP contribution in [0.1, 0.15) is 10.4 Å². The number of aromatic nitrogens is 2. The Labute approximate surface area is 181 Å². The molecule has 0 unspecified atom stereocenters. The summed E-state index contributed by atoms with van der Waals surface area (Å²) in [6, 6.07) is 8.68. The Hall–Kier alpha value is -2.11. The zero-order valence-electron chi connectivity index (χ0n) is 15.4. The van der Waals surface area contributed by atoms with E-state index in [2.05, 4.69) is 9.97 Å². The molecule has 1 aromatic carbocycles. The van der Waals surface area contributed by atoms with Gasteiger partial charge in [0.15, 0.2) is 0 Å². The van der Waals surface area contributed by atoms with Gasteiger partial charge in [0.05, 0.1) is 0 Å². The zero-order valence-corrected chi connectivity index (χ0v) is 16.5. The predicted octanol–water partition coefficient (Wildman–Crippen LogP) is 2.13. The van der Waals surface area contributed by atoms with Crippen molar-refractivity contribution >= 4 is 11.6 Å². The standard InChI is InChI=1S/C17H14N3O3.C5H5.Fe/c21-15-14(10-18-17(23)19-15)20(11-12-6-4-5-7-12)16(22)13-8-2-1-3-9-13;1-2-4-5-3-1;/h1-10H,11H2,(H2,18,19,21,23);1-5H;/q;;+2.